The van der Waals surface area contributed by atoms with E-state index in [1.807, 2.05) is 42.2 Å². The quantitative estimate of drug-likeness (QED) is 0.931. The molecule has 3 rings (SSSR count). The van der Waals surface area contributed by atoms with E-state index in [4.69, 9.17) is 5.73 Å². The van der Waals surface area contributed by atoms with Crippen LogP contribution in [0.2, 0.25) is 0 Å². The van der Waals surface area contributed by atoms with Crippen LogP contribution in [0.25, 0.3) is 5.69 Å². The molecule has 2 N–H and O–H groups in total. The molecule has 1 atom stereocenters. The Morgan fingerprint density at radius 2 is 1.95 bits per heavy atom. The minimum atomic E-state index is -0.0506. The summed E-state index contributed by atoms with van der Waals surface area (Å²) in [5.41, 5.74) is 7.17. The first-order valence-electron chi connectivity index (χ1n) is 7.68. The van der Waals surface area contributed by atoms with Gasteiger partial charge in [0, 0.05) is 19.1 Å². The second-order valence-electron chi connectivity index (χ2n) is 5.84. The number of hydrogen-bond donors (Lipinski definition) is 1. The maximum absolute atomic E-state index is 12.5. The van der Waals surface area contributed by atoms with Gasteiger partial charge in [-0.15, -0.1) is 5.10 Å². The van der Waals surface area contributed by atoms with Gasteiger partial charge in [0.2, 0.25) is 0 Å². The molecule has 1 saturated heterocycles. The van der Waals surface area contributed by atoms with Gasteiger partial charge in [0.15, 0.2) is 5.69 Å². The number of para-hydroxylation sites is 1. The average molecular weight is 299 g/mol. The van der Waals surface area contributed by atoms with Crippen molar-refractivity contribution in [1.82, 2.24) is 19.9 Å². The lowest BCUT2D eigenvalue weighted by Crippen LogP contribution is -2.42. The van der Waals surface area contributed by atoms with Crippen LogP contribution in [-0.2, 0) is 0 Å². The number of benzene rings is 1. The van der Waals surface area contributed by atoms with Crippen LogP contribution in [0.15, 0.2) is 36.5 Å². The Morgan fingerprint density at radius 3 is 2.59 bits per heavy atom. The molecular weight excluding hydrogens is 278 g/mol. The summed E-state index contributed by atoms with van der Waals surface area (Å²) in [6.45, 7) is 3.51. The Hall–Kier alpha value is -2.21. The molecule has 1 aromatic heterocycles. The van der Waals surface area contributed by atoms with Crippen LogP contribution in [0.4, 0.5) is 0 Å². The Morgan fingerprint density at radius 1 is 1.27 bits per heavy atom. The third kappa shape index (κ3) is 3.01. The Labute approximate surface area is 129 Å². The summed E-state index contributed by atoms with van der Waals surface area (Å²) in [6.07, 6.45) is 3.44. The van der Waals surface area contributed by atoms with Gasteiger partial charge in [-0.2, -0.15) is 9.90 Å². The fourth-order valence-electron chi connectivity index (χ4n) is 2.84. The normalized spacial score (nSPS) is 17.5. The van der Waals surface area contributed by atoms with Gasteiger partial charge in [-0.1, -0.05) is 18.2 Å². The molecule has 1 aliphatic heterocycles. The fourth-order valence-corrected chi connectivity index (χ4v) is 2.84. The fraction of sp³-hybridized carbons (Fsp3) is 0.438. The van der Waals surface area contributed by atoms with Crippen molar-refractivity contribution in [2.45, 2.75) is 25.8 Å². The predicted octanol–water partition coefficient (Wildman–Crippen LogP) is 1.47. The van der Waals surface area contributed by atoms with E-state index in [-0.39, 0.29) is 11.9 Å². The summed E-state index contributed by atoms with van der Waals surface area (Å²) in [5, 5.41) is 8.48. The minimum Gasteiger partial charge on any atom is -0.337 e. The van der Waals surface area contributed by atoms with Crippen LogP contribution in [-0.4, -0.2) is 44.9 Å². The lowest BCUT2D eigenvalue weighted by Gasteiger charge is -2.33. The molecule has 1 unspecified atom stereocenters. The largest absolute Gasteiger partial charge is 0.337 e. The topological polar surface area (TPSA) is 77.0 Å². The third-order valence-electron chi connectivity index (χ3n) is 4.27. The van der Waals surface area contributed by atoms with Gasteiger partial charge in [0.1, 0.15) is 0 Å². The summed E-state index contributed by atoms with van der Waals surface area (Å²) in [5.74, 6) is 0.453. The number of carbonyl (C=O) groups is 1. The highest BCUT2D eigenvalue weighted by Gasteiger charge is 2.26. The van der Waals surface area contributed by atoms with E-state index in [1.54, 1.807) is 0 Å². The van der Waals surface area contributed by atoms with Gasteiger partial charge >= 0.3 is 0 Å². The third-order valence-corrected chi connectivity index (χ3v) is 4.27. The van der Waals surface area contributed by atoms with Gasteiger partial charge < -0.3 is 10.6 Å². The van der Waals surface area contributed by atoms with E-state index < -0.39 is 0 Å². The van der Waals surface area contributed by atoms with E-state index in [0.29, 0.717) is 11.6 Å². The average Bonchev–Trinajstić information content (AvgIpc) is 3.05. The summed E-state index contributed by atoms with van der Waals surface area (Å²) < 4.78 is 0. The number of hydrogen-bond acceptors (Lipinski definition) is 4. The first-order chi connectivity index (χ1) is 10.6. The molecule has 6 nitrogen and oxygen atoms in total. The van der Waals surface area contributed by atoms with Crippen LogP contribution in [0.1, 0.15) is 30.3 Å². The summed E-state index contributed by atoms with van der Waals surface area (Å²) in [6, 6.07) is 9.76. The molecule has 6 heteroatoms. The van der Waals surface area contributed by atoms with Crippen LogP contribution in [0, 0.1) is 5.92 Å². The Bertz CT molecular complexity index is 629. The number of amides is 1. The zero-order chi connectivity index (χ0) is 15.5. The lowest BCUT2D eigenvalue weighted by atomic mass is 9.91. The highest BCUT2D eigenvalue weighted by Crippen LogP contribution is 2.20. The first-order valence-corrected chi connectivity index (χ1v) is 7.68. The number of nitrogens with two attached hydrogens (primary N) is 1. The van der Waals surface area contributed by atoms with Crippen LogP contribution >= 0.6 is 0 Å². The molecule has 22 heavy (non-hydrogen) atoms. The van der Waals surface area contributed by atoms with Crippen LogP contribution < -0.4 is 5.73 Å². The highest BCUT2D eigenvalue weighted by atomic mass is 16.2. The van der Waals surface area contributed by atoms with Crippen molar-refractivity contribution in [3.8, 4) is 5.69 Å². The van der Waals surface area contributed by atoms with Crippen molar-refractivity contribution in [2.75, 3.05) is 13.1 Å². The smallest absolute Gasteiger partial charge is 0.276 e. The molecule has 1 amide bonds. The van der Waals surface area contributed by atoms with E-state index in [0.717, 1.165) is 31.6 Å². The second kappa shape index (κ2) is 6.27. The number of aromatic nitrogens is 3. The van der Waals surface area contributed by atoms with Gasteiger partial charge in [-0.3, -0.25) is 4.79 Å². The molecule has 0 bridgehead atoms. The highest BCUT2D eigenvalue weighted by molar-refractivity contribution is 5.92. The molecule has 0 spiro atoms. The number of piperidine rings is 1. The van der Waals surface area contributed by atoms with Crippen molar-refractivity contribution in [3.05, 3.63) is 42.2 Å². The number of rotatable bonds is 3. The van der Waals surface area contributed by atoms with Gasteiger partial charge in [-0.25, -0.2) is 0 Å². The molecule has 1 fully saturated rings. The number of nitrogens with zero attached hydrogens (tertiary/aromatic N) is 4. The molecule has 2 aromatic rings. The van der Waals surface area contributed by atoms with Crippen molar-refractivity contribution >= 4 is 5.91 Å². The second-order valence-corrected chi connectivity index (χ2v) is 5.84. The van der Waals surface area contributed by atoms with Crippen LogP contribution in [0.5, 0.6) is 0 Å². The molecule has 1 aliphatic rings. The summed E-state index contributed by atoms with van der Waals surface area (Å²) >= 11 is 0. The standard InChI is InChI=1S/C16H21N5O/c1-12(17)13-7-9-20(10-8-13)16(22)15-11-18-21(19-15)14-5-3-2-4-6-14/h2-6,11-13H,7-10,17H2,1H3. The van der Waals surface area contributed by atoms with Crippen molar-refractivity contribution in [2.24, 2.45) is 11.7 Å². The SMILES string of the molecule is CC(N)C1CCN(C(=O)c2cnn(-c3ccccc3)n2)CC1. The van der Waals surface area contributed by atoms with E-state index in [2.05, 4.69) is 10.2 Å². The molecule has 1 aromatic carbocycles. The van der Waals surface area contributed by atoms with Crippen molar-refractivity contribution in [3.63, 3.8) is 0 Å². The van der Waals surface area contributed by atoms with Gasteiger partial charge in [-0.05, 0) is 37.8 Å². The summed E-state index contributed by atoms with van der Waals surface area (Å²) in [7, 11) is 0. The number of carbonyl (C=O) groups excluding carboxylic acids is 1. The van der Waals surface area contributed by atoms with Gasteiger partial charge in [0.25, 0.3) is 5.91 Å². The molecule has 2 heterocycles. The molecule has 0 saturated carbocycles. The van der Waals surface area contributed by atoms with E-state index in [1.165, 1.54) is 11.0 Å². The van der Waals surface area contributed by atoms with Crippen molar-refractivity contribution < 1.29 is 4.79 Å². The van der Waals surface area contributed by atoms with Crippen molar-refractivity contribution in [1.29, 1.82) is 0 Å². The Balaban J connectivity index is 1.68. The zero-order valence-electron chi connectivity index (χ0n) is 12.7. The maximum atomic E-state index is 12.5. The Kier molecular flexibility index (Phi) is 4.20. The monoisotopic (exact) mass is 299 g/mol. The molecule has 116 valence electrons. The molecule has 0 aliphatic carbocycles. The number of likely N-dealkylation sites (tertiary alicyclic amines) is 1. The first kappa shape index (κ1) is 14.7. The van der Waals surface area contributed by atoms with E-state index >= 15 is 0 Å². The predicted molar refractivity (Wildman–Crippen MR) is 83.6 cm³/mol. The molecule has 0 radical (unpaired) electrons. The molecular formula is C16H21N5O. The van der Waals surface area contributed by atoms with E-state index in [9.17, 15) is 4.79 Å². The maximum Gasteiger partial charge on any atom is 0.276 e. The van der Waals surface area contributed by atoms with Gasteiger partial charge in [0.05, 0.1) is 11.9 Å². The lowest BCUT2D eigenvalue weighted by molar-refractivity contribution is 0.0674. The zero-order valence-corrected chi connectivity index (χ0v) is 12.7. The van der Waals surface area contributed by atoms with Crippen LogP contribution in [0.3, 0.4) is 0 Å². The summed E-state index contributed by atoms with van der Waals surface area (Å²) in [4.78, 5) is 15.8. The minimum absolute atomic E-state index is 0.0506.